The average molecular weight is 420 g/mol. The van der Waals surface area contributed by atoms with Crippen LogP contribution in [0.25, 0.3) is 0 Å². The van der Waals surface area contributed by atoms with Gasteiger partial charge in [0, 0.05) is 14.8 Å². The lowest BCUT2D eigenvalue weighted by Crippen LogP contribution is -2.12. The third-order valence-electron chi connectivity index (χ3n) is 2.26. The minimum atomic E-state index is -0.388. The molecule has 0 saturated heterocycles. The molecular weight excluding hydrogens is 412 g/mol. The highest BCUT2D eigenvalue weighted by Crippen LogP contribution is 2.18. The van der Waals surface area contributed by atoms with Gasteiger partial charge in [0.2, 0.25) is 0 Å². The summed E-state index contributed by atoms with van der Waals surface area (Å²) >= 11 is 5.22. The lowest BCUT2D eigenvalue weighted by molar-refractivity contribution is 0.102. The minimum Gasteiger partial charge on any atom is -0.322 e. The minimum absolute atomic E-state index is 0.266. The number of hydrogen-bond acceptors (Lipinski definition) is 1. The van der Waals surface area contributed by atoms with Crippen LogP contribution < -0.4 is 5.32 Å². The summed E-state index contributed by atoms with van der Waals surface area (Å²) in [5.74, 6) is -0.654. The molecule has 0 radical (unpaired) electrons. The van der Waals surface area contributed by atoms with Gasteiger partial charge in [-0.2, -0.15) is 0 Å². The Labute approximate surface area is 126 Å². The van der Waals surface area contributed by atoms with Crippen LogP contribution in [0, 0.1) is 9.39 Å². The van der Waals surface area contributed by atoms with Crippen LogP contribution in [-0.4, -0.2) is 5.91 Å². The van der Waals surface area contributed by atoms with Crippen LogP contribution in [0.5, 0.6) is 0 Å². The van der Waals surface area contributed by atoms with E-state index in [0.717, 1.165) is 3.57 Å². The smallest absolute Gasteiger partial charge is 0.255 e. The van der Waals surface area contributed by atoms with Crippen LogP contribution in [0.2, 0.25) is 0 Å². The van der Waals surface area contributed by atoms with Crippen molar-refractivity contribution >= 4 is 50.1 Å². The maximum atomic E-state index is 13.1. The maximum Gasteiger partial charge on any atom is 0.255 e. The number of benzene rings is 2. The van der Waals surface area contributed by atoms with E-state index in [0.29, 0.717) is 11.3 Å². The standard InChI is InChI=1S/C13H8BrFINO/c14-11-6-8(4-5-12(11)15)13(18)17-10-3-1-2-9(16)7-10/h1-7H,(H,17,18). The number of nitrogens with one attached hydrogen (secondary N) is 1. The molecule has 2 rings (SSSR count). The molecule has 0 spiro atoms. The highest BCUT2D eigenvalue weighted by atomic mass is 127. The number of anilines is 1. The van der Waals surface area contributed by atoms with Crippen molar-refractivity contribution in [3.8, 4) is 0 Å². The first kappa shape index (κ1) is 13.5. The summed E-state index contributed by atoms with van der Waals surface area (Å²) in [4.78, 5) is 11.9. The van der Waals surface area contributed by atoms with Crippen LogP contribution in [0.4, 0.5) is 10.1 Å². The van der Waals surface area contributed by atoms with Gasteiger partial charge in [0.15, 0.2) is 0 Å². The second-order valence-corrected chi connectivity index (χ2v) is 5.69. The quantitative estimate of drug-likeness (QED) is 0.716. The van der Waals surface area contributed by atoms with Crippen LogP contribution in [-0.2, 0) is 0 Å². The van der Waals surface area contributed by atoms with E-state index in [4.69, 9.17) is 0 Å². The van der Waals surface area contributed by atoms with Crippen molar-refractivity contribution in [1.82, 2.24) is 0 Å². The van der Waals surface area contributed by atoms with Gasteiger partial charge in [0.05, 0.1) is 4.47 Å². The molecule has 2 aromatic rings. The predicted octanol–water partition coefficient (Wildman–Crippen LogP) is 4.45. The number of rotatable bonds is 2. The second kappa shape index (κ2) is 5.79. The van der Waals surface area contributed by atoms with Gasteiger partial charge in [-0.1, -0.05) is 6.07 Å². The van der Waals surface area contributed by atoms with Gasteiger partial charge in [0.1, 0.15) is 5.82 Å². The molecule has 0 aliphatic carbocycles. The molecule has 0 aliphatic heterocycles. The second-order valence-electron chi connectivity index (χ2n) is 3.59. The molecule has 18 heavy (non-hydrogen) atoms. The molecular formula is C13H8BrFINO. The van der Waals surface area contributed by atoms with Crippen LogP contribution in [0.1, 0.15) is 10.4 Å². The molecule has 2 aromatic carbocycles. The molecule has 2 nitrogen and oxygen atoms in total. The van der Waals surface area contributed by atoms with Gasteiger partial charge in [-0.15, -0.1) is 0 Å². The van der Waals surface area contributed by atoms with Gasteiger partial charge in [-0.3, -0.25) is 4.79 Å². The monoisotopic (exact) mass is 419 g/mol. The zero-order valence-electron chi connectivity index (χ0n) is 9.08. The zero-order valence-corrected chi connectivity index (χ0v) is 12.8. The van der Waals surface area contributed by atoms with E-state index in [-0.39, 0.29) is 16.2 Å². The lowest BCUT2D eigenvalue weighted by atomic mass is 10.2. The number of amides is 1. The number of halogens is 3. The summed E-state index contributed by atoms with van der Waals surface area (Å²) in [7, 11) is 0. The largest absolute Gasteiger partial charge is 0.322 e. The normalized spacial score (nSPS) is 10.2. The number of carbonyl (C=O) groups excluding carboxylic acids is 1. The Morgan fingerprint density at radius 1 is 1.22 bits per heavy atom. The molecule has 0 saturated carbocycles. The first-order chi connectivity index (χ1) is 8.56. The molecule has 92 valence electrons. The SMILES string of the molecule is O=C(Nc1cccc(I)c1)c1ccc(F)c(Br)c1. The lowest BCUT2D eigenvalue weighted by Gasteiger charge is -2.06. The molecule has 0 atom stereocenters. The van der Waals surface area contributed by atoms with Gasteiger partial charge < -0.3 is 5.32 Å². The van der Waals surface area contributed by atoms with Crippen LogP contribution in [0.3, 0.4) is 0 Å². The van der Waals surface area contributed by atoms with Crippen molar-refractivity contribution in [2.24, 2.45) is 0 Å². The van der Waals surface area contributed by atoms with E-state index in [9.17, 15) is 9.18 Å². The van der Waals surface area contributed by atoms with Crippen molar-refractivity contribution in [1.29, 1.82) is 0 Å². The van der Waals surface area contributed by atoms with Gasteiger partial charge in [-0.05, 0) is 74.9 Å². The molecule has 0 fully saturated rings. The Morgan fingerprint density at radius 3 is 2.67 bits per heavy atom. The summed E-state index contributed by atoms with van der Waals surface area (Å²) in [6, 6.07) is 11.6. The zero-order chi connectivity index (χ0) is 13.1. The van der Waals surface area contributed by atoms with Crippen LogP contribution >= 0.6 is 38.5 Å². The summed E-state index contributed by atoms with van der Waals surface area (Å²) < 4.78 is 14.4. The van der Waals surface area contributed by atoms with Crippen LogP contribution in [0.15, 0.2) is 46.9 Å². The van der Waals surface area contributed by atoms with Crippen molar-refractivity contribution in [2.75, 3.05) is 5.32 Å². The molecule has 0 bridgehead atoms. The third kappa shape index (κ3) is 3.29. The summed E-state index contributed by atoms with van der Waals surface area (Å²) in [6.45, 7) is 0. The van der Waals surface area contributed by atoms with E-state index >= 15 is 0 Å². The van der Waals surface area contributed by atoms with Gasteiger partial charge >= 0.3 is 0 Å². The summed E-state index contributed by atoms with van der Waals surface area (Å²) in [6.07, 6.45) is 0. The molecule has 1 N–H and O–H groups in total. The molecule has 0 heterocycles. The van der Waals surface area contributed by atoms with Gasteiger partial charge in [-0.25, -0.2) is 4.39 Å². The Balaban J connectivity index is 2.19. The average Bonchev–Trinajstić information content (AvgIpc) is 2.32. The number of carbonyl (C=O) groups is 1. The fourth-order valence-electron chi connectivity index (χ4n) is 1.41. The Hall–Kier alpha value is -0.950. The Kier molecular flexibility index (Phi) is 4.34. The molecule has 0 aliphatic rings. The van der Waals surface area contributed by atoms with E-state index in [1.807, 2.05) is 18.2 Å². The third-order valence-corrected chi connectivity index (χ3v) is 3.54. The Morgan fingerprint density at radius 2 is 2.00 bits per heavy atom. The van der Waals surface area contributed by atoms with Gasteiger partial charge in [0.25, 0.3) is 5.91 Å². The summed E-state index contributed by atoms with van der Waals surface area (Å²) in [5, 5.41) is 2.76. The molecule has 5 heteroatoms. The Bertz CT molecular complexity index is 603. The molecule has 1 amide bonds. The molecule has 0 unspecified atom stereocenters. The first-order valence-electron chi connectivity index (χ1n) is 5.08. The van der Waals surface area contributed by atoms with Crippen molar-refractivity contribution in [3.05, 3.63) is 61.9 Å². The highest BCUT2D eigenvalue weighted by Gasteiger charge is 2.08. The van der Waals surface area contributed by atoms with E-state index in [1.54, 1.807) is 6.07 Å². The first-order valence-corrected chi connectivity index (χ1v) is 6.95. The van der Waals surface area contributed by atoms with E-state index in [2.05, 4.69) is 43.8 Å². The summed E-state index contributed by atoms with van der Waals surface area (Å²) in [5.41, 5.74) is 1.12. The highest BCUT2D eigenvalue weighted by molar-refractivity contribution is 14.1. The van der Waals surface area contributed by atoms with E-state index < -0.39 is 0 Å². The topological polar surface area (TPSA) is 29.1 Å². The fourth-order valence-corrected chi connectivity index (χ4v) is 2.33. The fraction of sp³-hybridized carbons (Fsp3) is 0. The maximum absolute atomic E-state index is 13.1. The van der Waals surface area contributed by atoms with E-state index in [1.165, 1.54) is 18.2 Å². The van der Waals surface area contributed by atoms with Crippen molar-refractivity contribution in [3.63, 3.8) is 0 Å². The van der Waals surface area contributed by atoms with Crippen molar-refractivity contribution in [2.45, 2.75) is 0 Å². The molecule has 0 aromatic heterocycles. The van der Waals surface area contributed by atoms with Crippen molar-refractivity contribution < 1.29 is 9.18 Å². The number of hydrogen-bond donors (Lipinski definition) is 1. The predicted molar refractivity (Wildman–Crippen MR) is 81.2 cm³/mol.